The van der Waals surface area contributed by atoms with Crippen LogP contribution in [0.25, 0.3) is 0 Å². The van der Waals surface area contributed by atoms with Crippen molar-refractivity contribution in [2.24, 2.45) is 16.1 Å². The summed E-state index contributed by atoms with van der Waals surface area (Å²) in [6.07, 6.45) is 0.820. The number of amidine groups is 1. The van der Waals surface area contributed by atoms with E-state index in [0.717, 1.165) is 12.1 Å². The highest BCUT2D eigenvalue weighted by Gasteiger charge is 2.38. The summed E-state index contributed by atoms with van der Waals surface area (Å²) in [5.41, 5.74) is 3.62. The van der Waals surface area contributed by atoms with Crippen LogP contribution in [0.4, 0.5) is 0 Å². The first-order chi connectivity index (χ1) is 13.6. The van der Waals surface area contributed by atoms with Crippen molar-refractivity contribution in [1.29, 1.82) is 0 Å². The zero-order valence-corrected chi connectivity index (χ0v) is 16.9. The van der Waals surface area contributed by atoms with Crippen molar-refractivity contribution in [1.82, 2.24) is 10.2 Å². The third-order valence-corrected chi connectivity index (χ3v) is 6.38. The lowest BCUT2D eigenvalue weighted by Gasteiger charge is -2.44. The molecule has 0 radical (unpaired) electrons. The quantitative estimate of drug-likeness (QED) is 0.803. The van der Waals surface area contributed by atoms with E-state index in [2.05, 4.69) is 82.9 Å². The topological polar surface area (TPSA) is 57.1 Å². The van der Waals surface area contributed by atoms with Crippen LogP contribution in [-0.4, -0.2) is 34.5 Å². The number of amides is 1. The van der Waals surface area contributed by atoms with Crippen molar-refractivity contribution in [3.8, 4) is 0 Å². The highest BCUT2D eigenvalue weighted by Crippen LogP contribution is 2.42. The minimum absolute atomic E-state index is 0.00954. The highest BCUT2D eigenvalue weighted by molar-refractivity contribution is 8.15. The standard InChI is InChI=1S/C22H24N4OS/c1-15-18(24-25-22-23-20(27)14-28-22)13-19(16-9-5-3-6-10-16)26(2)21(15)17-11-7-4-8-12-17/h3-12,15,19,21H,13-14H2,1-2H3,(H,23,25,27)/b24-18-. The van der Waals surface area contributed by atoms with Gasteiger partial charge in [-0.05, 0) is 18.2 Å². The van der Waals surface area contributed by atoms with Gasteiger partial charge in [-0.3, -0.25) is 9.69 Å². The molecule has 144 valence electrons. The lowest BCUT2D eigenvalue weighted by Crippen LogP contribution is -2.42. The van der Waals surface area contributed by atoms with E-state index in [1.807, 2.05) is 12.1 Å². The molecule has 2 aliphatic heterocycles. The van der Waals surface area contributed by atoms with E-state index in [4.69, 9.17) is 0 Å². The number of hydrogen-bond donors (Lipinski definition) is 1. The normalized spacial score (nSPS) is 28.6. The fourth-order valence-corrected chi connectivity index (χ4v) is 4.70. The third kappa shape index (κ3) is 3.88. The number of piperidine rings is 1. The number of hydrogen-bond acceptors (Lipinski definition) is 5. The van der Waals surface area contributed by atoms with Gasteiger partial charge in [0, 0.05) is 30.1 Å². The molecule has 2 fully saturated rings. The van der Waals surface area contributed by atoms with Crippen LogP contribution in [0.1, 0.15) is 36.6 Å². The van der Waals surface area contributed by atoms with Crippen LogP contribution < -0.4 is 5.32 Å². The lowest BCUT2D eigenvalue weighted by molar-refractivity contribution is -0.116. The summed E-state index contributed by atoms with van der Waals surface area (Å²) >= 11 is 1.41. The molecule has 1 amide bonds. The smallest absolute Gasteiger partial charge is 0.236 e. The summed E-state index contributed by atoms with van der Waals surface area (Å²) < 4.78 is 0. The molecule has 2 aromatic rings. The summed E-state index contributed by atoms with van der Waals surface area (Å²) in [4.78, 5) is 13.9. The van der Waals surface area contributed by atoms with Crippen molar-refractivity contribution < 1.29 is 4.79 Å². The maximum atomic E-state index is 11.4. The average molecular weight is 393 g/mol. The minimum atomic E-state index is -0.00954. The van der Waals surface area contributed by atoms with Gasteiger partial charge in [-0.2, -0.15) is 5.10 Å². The molecule has 0 saturated carbocycles. The Kier molecular flexibility index (Phi) is 5.59. The van der Waals surface area contributed by atoms with E-state index in [-0.39, 0.29) is 23.9 Å². The predicted molar refractivity (Wildman–Crippen MR) is 115 cm³/mol. The molecular formula is C22H24N4OS. The highest BCUT2D eigenvalue weighted by atomic mass is 32.2. The molecule has 2 heterocycles. The van der Waals surface area contributed by atoms with Crippen LogP contribution >= 0.6 is 11.8 Å². The van der Waals surface area contributed by atoms with E-state index in [1.165, 1.54) is 22.9 Å². The first-order valence-electron chi connectivity index (χ1n) is 9.52. The van der Waals surface area contributed by atoms with E-state index < -0.39 is 0 Å². The Balaban J connectivity index is 1.71. The summed E-state index contributed by atoms with van der Waals surface area (Å²) in [6.45, 7) is 2.22. The van der Waals surface area contributed by atoms with Gasteiger partial charge >= 0.3 is 0 Å². The Bertz CT molecular complexity index is 897. The number of likely N-dealkylation sites (tertiary alicyclic amines) is 1. The summed E-state index contributed by atoms with van der Waals surface area (Å²) in [6, 6.07) is 21.6. The second kappa shape index (κ2) is 8.29. The van der Waals surface area contributed by atoms with Crippen LogP contribution in [0.2, 0.25) is 0 Å². The first-order valence-corrected chi connectivity index (χ1v) is 10.5. The zero-order valence-electron chi connectivity index (χ0n) is 16.1. The minimum Gasteiger partial charge on any atom is -0.303 e. The summed E-state index contributed by atoms with van der Waals surface area (Å²) in [5.74, 6) is 0.630. The molecule has 2 aliphatic rings. The van der Waals surface area contributed by atoms with Gasteiger partial charge in [0.05, 0.1) is 5.75 Å². The second-order valence-electron chi connectivity index (χ2n) is 7.27. The van der Waals surface area contributed by atoms with Gasteiger partial charge < -0.3 is 5.32 Å². The van der Waals surface area contributed by atoms with Crippen LogP contribution in [0.5, 0.6) is 0 Å². The molecule has 0 aliphatic carbocycles. The number of carbonyl (C=O) groups is 1. The van der Waals surface area contributed by atoms with Crippen molar-refractivity contribution >= 4 is 28.5 Å². The van der Waals surface area contributed by atoms with Crippen molar-refractivity contribution in [3.05, 3.63) is 71.8 Å². The Morgan fingerprint density at radius 1 is 1.00 bits per heavy atom. The van der Waals surface area contributed by atoms with Gasteiger partial charge in [-0.1, -0.05) is 79.3 Å². The molecule has 3 unspecified atom stereocenters. The van der Waals surface area contributed by atoms with Crippen LogP contribution in [0.3, 0.4) is 0 Å². The Morgan fingerprint density at radius 3 is 2.25 bits per heavy atom. The maximum absolute atomic E-state index is 11.4. The molecular weight excluding hydrogens is 368 g/mol. The molecule has 4 rings (SSSR count). The molecule has 5 nitrogen and oxygen atoms in total. The molecule has 6 heteroatoms. The zero-order chi connectivity index (χ0) is 19.5. The molecule has 0 bridgehead atoms. The van der Waals surface area contributed by atoms with Gasteiger partial charge in [0.15, 0.2) is 5.17 Å². The molecule has 3 atom stereocenters. The second-order valence-corrected chi connectivity index (χ2v) is 8.24. The number of benzene rings is 2. The van der Waals surface area contributed by atoms with Crippen LogP contribution in [-0.2, 0) is 4.79 Å². The number of carbonyl (C=O) groups excluding carboxylic acids is 1. The number of nitrogens with zero attached hydrogens (tertiary/aromatic N) is 3. The van der Waals surface area contributed by atoms with Crippen molar-refractivity contribution in [2.45, 2.75) is 25.4 Å². The summed E-state index contributed by atoms with van der Waals surface area (Å²) in [5, 5.41) is 12.3. The predicted octanol–water partition coefficient (Wildman–Crippen LogP) is 4.02. The van der Waals surface area contributed by atoms with E-state index in [1.54, 1.807) is 0 Å². The monoisotopic (exact) mass is 392 g/mol. The van der Waals surface area contributed by atoms with E-state index >= 15 is 0 Å². The fourth-order valence-electron chi connectivity index (χ4n) is 4.08. The molecule has 0 aromatic heterocycles. The van der Waals surface area contributed by atoms with Crippen LogP contribution in [0.15, 0.2) is 70.9 Å². The van der Waals surface area contributed by atoms with Crippen molar-refractivity contribution in [2.75, 3.05) is 12.8 Å². The van der Waals surface area contributed by atoms with Gasteiger partial charge in [0.2, 0.25) is 5.91 Å². The van der Waals surface area contributed by atoms with Crippen molar-refractivity contribution in [3.63, 3.8) is 0 Å². The first kappa shape index (κ1) is 18.9. The SMILES string of the molecule is CC1/C(=N\N=C2\NC(=O)CS2)CC(c2ccccc2)N(C)C1c1ccccc1. The molecule has 28 heavy (non-hydrogen) atoms. The van der Waals surface area contributed by atoms with Gasteiger partial charge in [0.1, 0.15) is 0 Å². The molecule has 2 saturated heterocycles. The van der Waals surface area contributed by atoms with Gasteiger partial charge in [0.25, 0.3) is 0 Å². The molecule has 1 N–H and O–H groups in total. The summed E-state index contributed by atoms with van der Waals surface area (Å²) in [7, 11) is 2.20. The largest absolute Gasteiger partial charge is 0.303 e. The number of rotatable bonds is 3. The fraction of sp³-hybridized carbons (Fsp3) is 0.318. The molecule has 0 spiro atoms. The Morgan fingerprint density at radius 2 is 1.64 bits per heavy atom. The van der Waals surface area contributed by atoms with E-state index in [9.17, 15) is 4.79 Å². The Hall–Kier alpha value is -2.44. The maximum Gasteiger partial charge on any atom is 0.236 e. The average Bonchev–Trinajstić information content (AvgIpc) is 3.14. The Labute approximate surface area is 169 Å². The van der Waals surface area contributed by atoms with Gasteiger partial charge in [-0.25, -0.2) is 0 Å². The van der Waals surface area contributed by atoms with E-state index in [0.29, 0.717) is 10.9 Å². The van der Waals surface area contributed by atoms with Crippen LogP contribution in [0, 0.1) is 5.92 Å². The number of thioether (sulfide) groups is 1. The van der Waals surface area contributed by atoms with Gasteiger partial charge in [-0.15, -0.1) is 5.10 Å². The number of nitrogens with one attached hydrogen (secondary N) is 1. The molecule has 2 aromatic carbocycles. The third-order valence-electron chi connectivity index (χ3n) is 5.51. The lowest BCUT2D eigenvalue weighted by atomic mass is 9.80.